The van der Waals surface area contributed by atoms with Crippen molar-refractivity contribution in [2.24, 2.45) is 11.7 Å². The maximum absolute atomic E-state index is 6.23. The fraction of sp³-hybridized carbons (Fsp3) is 0.615. The Kier molecular flexibility index (Phi) is 3.78. The molecule has 1 fully saturated rings. The summed E-state index contributed by atoms with van der Waals surface area (Å²) in [5.41, 5.74) is 7.27. The number of pyridine rings is 1. The topological polar surface area (TPSA) is 48.1 Å². The van der Waals surface area contributed by atoms with Crippen molar-refractivity contribution in [2.45, 2.75) is 38.1 Å². The molecule has 1 saturated carbocycles. The van der Waals surface area contributed by atoms with Crippen LogP contribution < -0.4 is 10.5 Å². The molecule has 1 aliphatic carbocycles. The van der Waals surface area contributed by atoms with Gasteiger partial charge in [0.2, 0.25) is 5.88 Å². The molecular weight excluding hydrogens is 200 g/mol. The van der Waals surface area contributed by atoms with Crippen LogP contribution in [0.15, 0.2) is 18.3 Å². The summed E-state index contributed by atoms with van der Waals surface area (Å²) >= 11 is 0. The highest BCUT2D eigenvalue weighted by molar-refractivity contribution is 5.28. The quantitative estimate of drug-likeness (QED) is 0.848. The third-order valence-electron chi connectivity index (χ3n) is 3.46. The molecule has 0 radical (unpaired) electrons. The van der Waals surface area contributed by atoms with Gasteiger partial charge in [0.05, 0.1) is 7.11 Å². The first-order valence-corrected chi connectivity index (χ1v) is 6.05. The van der Waals surface area contributed by atoms with Crippen molar-refractivity contribution in [1.82, 2.24) is 4.98 Å². The lowest BCUT2D eigenvalue weighted by Crippen LogP contribution is -2.15. The van der Waals surface area contributed by atoms with Crippen molar-refractivity contribution in [1.29, 1.82) is 0 Å². The second kappa shape index (κ2) is 5.30. The van der Waals surface area contributed by atoms with Crippen LogP contribution >= 0.6 is 0 Å². The molecule has 0 aromatic carbocycles. The Morgan fingerprint density at radius 1 is 1.50 bits per heavy atom. The number of ether oxygens (including phenoxy) is 1. The van der Waals surface area contributed by atoms with Gasteiger partial charge in [-0.1, -0.05) is 31.7 Å². The van der Waals surface area contributed by atoms with Crippen molar-refractivity contribution in [2.75, 3.05) is 7.11 Å². The molecule has 1 aliphatic rings. The number of aromatic nitrogens is 1. The SMILES string of the molecule is COc1ncccc1C(N)CC1CCCC1. The largest absolute Gasteiger partial charge is 0.481 e. The van der Waals surface area contributed by atoms with Crippen LogP contribution in [0.4, 0.5) is 0 Å². The van der Waals surface area contributed by atoms with Gasteiger partial charge < -0.3 is 10.5 Å². The molecule has 1 atom stereocenters. The van der Waals surface area contributed by atoms with Crippen LogP contribution in [-0.2, 0) is 0 Å². The van der Waals surface area contributed by atoms with E-state index in [1.165, 1.54) is 25.7 Å². The first-order valence-electron chi connectivity index (χ1n) is 6.05. The molecule has 1 aromatic heterocycles. The number of methoxy groups -OCH3 is 1. The molecule has 3 nitrogen and oxygen atoms in total. The Morgan fingerprint density at radius 3 is 2.94 bits per heavy atom. The van der Waals surface area contributed by atoms with E-state index in [0.29, 0.717) is 5.88 Å². The minimum Gasteiger partial charge on any atom is -0.481 e. The number of hydrogen-bond acceptors (Lipinski definition) is 3. The van der Waals surface area contributed by atoms with Gasteiger partial charge >= 0.3 is 0 Å². The first-order chi connectivity index (χ1) is 7.81. The second-order valence-electron chi connectivity index (χ2n) is 4.59. The summed E-state index contributed by atoms with van der Waals surface area (Å²) in [4.78, 5) is 4.19. The zero-order chi connectivity index (χ0) is 11.4. The third kappa shape index (κ3) is 2.53. The highest BCUT2D eigenvalue weighted by atomic mass is 16.5. The Balaban J connectivity index is 2.04. The van der Waals surface area contributed by atoms with Gasteiger partial charge in [-0.05, 0) is 18.4 Å². The fourth-order valence-corrected chi connectivity index (χ4v) is 2.59. The first kappa shape index (κ1) is 11.4. The molecule has 0 amide bonds. The van der Waals surface area contributed by atoms with Crippen molar-refractivity contribution in [3.8, 4) is 5.88 Å². The molecule has 0 aliphatic heterocycles. The molecular formula is C13H20N2O. The van der Waals surface area contributed by atoms with Gasteiger partial charge in [-0.25, -0.2) is 4.98 Å². The van der Waals surface area contributed by atoms with E-state index in [-0.39, 0.29) is 6.04 Å². The van der Waals surface area contributed by atoms with Crippen LogP contribution in [0, 0.1) is 5.92 Å². The summed E-state index contributed by atoms with van der Waals surface area (Å²) < 4.78 is 5.24. The fourth-order valence-electron chi connectivity index (χ4n) is 2.59. The predicted octanol–water partition coefficient (Wildman–Crippen LogP) is 2.67. The zero-order valence-corrected chi connectivity index (χ0v) is 9.86. The molecule has 1 aromatic rings. The van der Waals surface area contributed by atoms with Crippen molar-refractivity contribution in [3.63, 3.8) is 0 Å². The summed E-state index contributed by atoms with van der Waals surface area (Å²) in [7, 11) is 1.65. The smallest absolute Gasteiger partial charge is 0.217 e. The van der Waals surface area contributed by atoms with Gasteiger partial charge in [-0.3, -0.25) is 0 Å². The minimum absolute atomic E-state index is 0.0618. The highest BCUT2D eigenvalue weighted by Gasteiger charge is 2.21. The number of nitrogens with two attached hydrogens (primary N) is 1. The Labute approximate surface area is 97.0 Å². The summed E-state index contributed by atoms with van der Waals surface area (Å²) in [5, 5.41) is 0. The van der Waals surface area contributed by atoms with Gasteiger partial charge in [0.15, 0.2) is 0 Å². The van der Waals surface area contributed by atoms with Gasteiger partial charge in [0.25, 0.3) is 0 Å². The summed E-state index contributed by atoms with van der Waals surface area (Å²) in [6.45, 7) is 0. The maximum Gasteiger partial charge on any atom is 0.217 e. The monoisotopic (exact) mass is 220 g/mol. The normalized spacial score (nSPS) is 18.6. The van der Waals surface area contributed by atoms with Crippen molar-refractivity contribution >= 4 is 0 Å². The van der Waals surface area contributed by atoms with Crippen molar-refractivity contribution < 1.29 is 4.74 Å². The minimum atomic E-state index is 0.0618. The van der Waals surface area contributed by atoms with E-state index in [1.54, 1.807) is 13.3 Å². The van der Waals surface area contributed by atoms with Crippen molar-refractivity contribution in [3.05, 3.63) is 23.9 Å². The summed E-state index contributed by atoms with van der Waals surface area (Å²) in [5.74, 6) is 1.47. The maximum atomic E-state index is 6.23. The average Bonchev–Trinajstić information content (AvgIpc) is 2.81. The van der Waals surface area contributed by atoms with E-state index < -0.39 is 0 Å². The van der Waals surface area contributed by atoms with Crippen LogP contribution in [0.25, 0.3) is 0 Å². The third-order valence-corrected chi connectivity index (χ3v) is 3.46. The molecule has 2 N–H and O–H groups in total. The second-order valence-corrected chi connectivity index (χ2v) is 4.59. The van der Waals surface area contributed by atoms with E-state index in [0.717, 1.165) is 17.9 Å². The zero-order valence-electron chi connectivity index (χ0n) is 9.86. The predicted molar refractivity (Wildman–Crippen MR) is 64.3 cm³/mol. The lowest BCUT2D eigenvalue weighted by Gasteiger charge is -2.18. The Hall–Kier alpha value is -1.09. The molecule has 2 rings (SSSR count). The van der Waals surface area contributed by atoms with E-state index in [1.807, 2.05) is 12.1 Å². The van der Waals surface area contributed by atoms with Gasteiger partial charge in [0, 0.05) is 17.8 Å². The number of nitrogens with zero attached hydrogens (tertiary/aromatic N) is 1. The molecule has 3 heteroatoms. The molecule has 1 unspecified atom stereocenters. The molecule has 1 heterocycles. The molecule has 0 spiro atoms. The van der Waals surface area contributed by atoms with Gasteiger partial charge in [-0.15, -0.1) is 0 Å². The average molecular weight is 220 g/mol. The number of hydrogen-bond donors (Lipinski definition) is 1. The molecule has 88 valence electrons. The van der Waals surface area contributed by atoms with Crippen LogP contribution in [-0.4, -0.2) is 12.1 Å². The van der Waals surface area contributed by atoms with E-state index in [2.05, 4.69) is 4.98 Å². The van der Waals surface area contributed by atoms with Gasteiger partial charge in [-0.2, -0.15) is 0 Å². The summed E-state index contributed by atoms with van der Waals surface area (Å²) in [6, 6.07) is 4.00. The van der Waals surface area contributed by atoms with Gasteiger partial charge in [0.1, 0.15) is 0 Å². The van der Waals surface area contributed by atoms with Crippen LogP contribution in [0.1, 0.15) is 43.7 Å². The van der Waals surface area contributed by atoms with Crippen LogP contribution in [0.5, 0.6) is 5.88 Å². The lowest BCUT2D eigenvalue weighted by molar-refractivity contribution is 0.378. The standard InChI is InChI=1S/C13H20N2O/c1-16-13-11(7-4-8-15-13)12(14)9-10-5-2-3-6-10/h4,7-8,10,12H,2-3,5-6,9,14H2,1H3. The summed E-state index contributed by atoms with van der Waals surface area (Å²) in [6.07, 6.45) is 8.18. The highest BCUT2D eigenvalue weighted by Crippen LogP contribution is 2.33. The Bertz CT molecular complexity index is 334. The molecule has 0 saturated heterocycles. The molecule has 16 heavy (non-hydrogen) atoms. The lowest BCUT2D eigenvalue weighted by atomic mass is 9.95. The van der Waals surface area contributed by atoms with Crippen LogP contribution in [0.2, 0.25) is 0 Å². The number of rotatable bonds is 4. The van der Waals surface area contributed by atoms with E-state index in [4.69, 9.17) is 10.5 Å². The van der Waals surface area contributed by atoms with E-state index in [9.17, 15) is 0 Å². The molecule has 0 bridgehead atoms. The van der Waals surface area contributed by atoms with E-state index >= 15 is 0 Å². The van der Waals surface area contributed by atoms with Crippen LogP contribution in [0.3, 0.4) is 0 Å². The Morgan fingerprint density at radius 2 is 2.25 bits per heavy atom.